The Morgan fingerprint density at radius 2 is 1.94 bits per heavy atom. The SMILES string of the molecule is CSCCC(NC(=O)CCCn1cnc2ccccc2c1=O)c1nc2ccccc2[nH]1. The fourth-order valence-electron chi connectivity index (χ4n) is 3.59. The summed E-state index contributed by atoms with van der Waals surface area (Å²) in [4.78, 5) is 37.5. The van der Waals surface area contributed by atoms with E-state index in [0.717, 1.165) is 29.0 Å². The summed E-state index contributed by atoms with van der Waals surface area (Å²) in [7, 11) is 0. The zero-order valence-electron chi connectivity index (χ0n) is 17.4. The topological polar surface area (TPSA) is 92.7 Å². The molecule has 0 saturated heterocycles. The van der Waals surface area contributed by atoms with Crippen LogP contribution in [0.25, 0.3) is 21.9 Å². The molecule has 2 aromatic heterocycles. The highest BCUT2D eigenvalue weighted by Crippen LogP contribution is 2.20. The third-order valence-corrected chi connectivity index (χ3v) is 5.86. The molecule has 1 amide bonds. The molecule has 160 valence electrons. The maximum Gasteiger partial charge on any atom is 0.261 e. The number of nitrogens with one attached hydrogen (secondary N) is 2. The van der Waals surface area contributed by atoms with Gasteiger partial charge in [0.05, 0.1) is 34.3 Å². The number of aryl methyl sites for hydroxylation is 1. The second kappa shape index (κ2) is 9.78. The molecule has 0 aliphatic carbocycles. The van der Waals surface area contributed by atoms with Crippen molar-refractivity contribution in [3.63, 3.8) is 0 Å². The molecule has 0 aliphatic heterocycles. The van der Waals surface area contributed by atoms with Crippen LogP contribution in [-0.2, 0) is 11.3 Å². The number of nitrogens with zero attached hydrogens (tertiary/aromatic N) is 3. The van der Waals surface area contributed by atoms with E-state index in [-0.39, 0.29) is 17.5 Å². The Kier molecular flexibility index (Phi) is 6.66. The van der Waals surface area contributed by atoms with Crippen molar-refractivity contribution < 1.29 is 4.79 Å². The lowest BCUT2D eigenvalue weighted by atomic mass is 10.2. The molecule has 4 aromatic rings. The van der Waals surface area contributed by atoms with E-state index >= 15 is 0 Å². The van der Waals surface area contributed by atoms with Crippen LogP contribution < -0.4 is 10.9 Å². The van der Waals surface area contributed by atoms with Crippen LogP contribution in [0, 0.1) is 0 Å². The van der Waals surface area contributed by atoms with Gasteiger partial charge in [-0.05, 0) is 49.1 Å². The summed E-state index contributed by atoms with van der Waals surface area (Å²) >= 11 is 1.74. The van der Waals surface area contributed by atoms with Crippen molar-refractivity contribution >= 4 is 39.6 Å². The number of rotatable bonds is 9. The van der Waals surface area contributed by atoms with E-state index in [1.165, 1.54) is 0 Å². The van der Waals surface area contributed by atoms with E-state index in [0.29, 0.717) is 30.3 Å². The summed E-state index contributed by atoms with van der Waals surface area (Å²) < 4.78 is 1.57. The monoisotopic (exact) mass is 435 g/mol. The van der Waals surface area contributed by atoms with E-state index in [1.54, 1.807) is 28.7 Å². The van der Waals surface area contributed by atoms with Crippen molar-refractivity contribution in [2.45, 2.75) is 31.8 Å². The molecule has 2 N–H and O–H groups in total. The highest BCUT2D eigenvalue weighted by atomic mass is 32.2. The number of imidazole rings is 1. The van der Waals surface area contributed by atoms with Gasteiger partial charge >= 0.3 is 0 Å². The van der Waals surface area contributed by atoms with Gasteiger partial charge in [-0.25, -0.2) is 9.97 Å². The molecule has 7 nitrogen and oxygen atoms in total. The predicted molar refractivity (Wildman–Crippen MR) is 125 cm³/mol. The van der Waals surface area contributed by atoms with Crippen molar-refractivity contribution in [1.82, 2.24) is 24.8 Å². The number of carbonyl (C=O) groups excluding carboxylic acids is 1. The maximum absolute atomic E-state index is 12.6. The minimum Gasteiger partial charge on any atom is -0.346 e. The number of para-hydroxylation sites is 3. The van der Waals surface area contributed by atoms with E-state index < -0.39 is 0 Å². The highest BCUT2D eigenvalue weighted by Gasteiger charge is 2.18. The summed E-state index contributed by atoms with van der Waals surface area (Å²) in [6.07, 6.45) is 5.28. The molecule has 2 aromatic carbocycles. The lowest BCUT2D eigenvalue weighted by Gasteiger charge is -2.16. The molecule has 0 aliphatic rings. The molecule has 0 saturated carbocycles. The average molecular weight is 436 g/mol. The van der Waals surface area contributed by atoms with Crippen molar-refractivity contribution in [2.75, 3.05) is 12.0 Å². The molecule has 0 spiro atoms. The quantitative estimate of drug-likeness (QED) is 0.419. The van der Waals surface area contributed by atoms with Crippen molar-refractivity contribution in [3.05, 3.63) is 71.0 Å². The third-order valence-electron chi connectivity index (χ3n) is 5.22. The van der Waals surface area contributed by atoms with Gasteiger partial charge in [0, 0.05) is 13.0 Å². The number of fused-ring (bicyclic) bond motifs is 2. The second-order valence-electron chi connectivity index (χ2n) is 7.40. The molecular weight excluding hydrogens is 410 g/mol. The first-order chi connectivity index (χ1) is 15.2. The van der Waals surface area contributed by atoms with Crippen molar-refractivity contribution in [2.24, 2.45) is 0 Å². The number of hydrogen-bond acceptors (Lipinski definition) is 5. The zero-order valence-corrected chi connectivity index (χ0v) is 18.2. The van der Waals surface area contributed by atoms with Gasteiger partial charge in [-0.1, -0.05) is 24.3 Å². The van der Waals surface area contributed by atoms with Gasteiger partial charge in [0.2, 0.25) is 5.91 Å². The van der Waals surface area contributed by atoms with Gasteiger partial charge in [-0.2, -0.15) is 11.8 Å². The minimum atomic E-state index is -0.169. The van der Waals surface area contributed by atoms with E-state index in [9.17, 15) is 9.59 Å². The molecule has 0 bridgehead atoms. The number of hydrogen-bond donors (Lipinski definition) is 2. The first-order valence-electron chi connectivity index (χ1n) is 10.3. The summed E-state index contributed by atoms with van der Waals surface area (Å²) in [6.45, 7) is 0.449. The van der Waals surface area contributed by atoms with Gasteiger partial charge < -0.3 is 10.3 Å². The molecule has 31 heavy (non-hydrogen) atoms. The van der Waals surface area contributed by atoms with Gasteiger partial charge in [0.1, 0.15) is 5.82 Å². The predicted octanol–water partition coefficient (Wildman–Crippen LogP) is 3.66. The summed E-state index contributed by atoms with van der Waals surface area (Å²) in [5, 5.41) is 3.70. The normalized spacial score (nSPS) is 12.3. The van der Waals surface area contributed by atoms with Crippen LogP contribution in [0.3, 0.4) is 0 Å². The van der Waals surface area contributed by atoms with Crippen molar-refractivity contribution in [3.8, 4) is 0 Å². The Bertz CT molecular complexity index is 1220. The summed E-state index contributed by atoms with van der Waals surface area (Å²) in [5.74, 6) is 1.65. The Morgan fingerprint density at radius 1 is 1.16 bits per heavy atom. The van der Waals surface area contributed by atoms with Crippen molar-refractivity contribution in [1.29, 1.82) is 0 Å². The highest BCUT2D eigenvalue weighted by molar-refractivity contribution is 7.98. The molecule has 8 heteroatoms. The molecular formula is C23H25N5O2S. The fourth-order valence-corrected chi connectivity index (χ4v) is 4.06. The molecule has 2 heterocycles. The molecule has 4 rings (SSSR count). The molecule has 0 fully saturated rings. The Hall–Kier alpha value is -3.13. The second-order valence-corrected chi connectivity index (χ2v) is 8.39. The van der Waals surface area contributed by atoms with E-state index in [4.69, 9.17) is 0 Å². The summed E-state index contributed by atoms with van der Waals surface area (Å²) in [6, 6.07) is 15.0. The largest absolute Gasteiger partial charge is 0.346 e. The molecule has 0 radical (unpaired) electrons. The standard InChI is InChI=1S/C23H25N5O2S/c1-31-14-12-20(22-26-18-9-4-5-10-19(18)27-22)25-21(29)11-6-13-28-15-24-17-8-3-2-7-16(17)23(28)30/h2-5,7-10,15,20H,6,11-14H2,1H3,(H,25,29)(H,26,27). The number of aromatic nitrogens is 4. The van der Waals surface area contributed by atoms with Crippen LogP contribution in [-0.4, -0.2) is 37.4 Å². The third kappa shape index (κ3) is 4.96. The Morgan fingerprint density at radius 3 is 2.74 bits per heavy atom. The first kappa shape index (κ1) is 21.1. The van der Waals surface area contributed by atoms with E-state index in [2.05, 4.69) is 20.3 Å². The van der Waals surface area contributed by atoms with Crippen LogP contribution in [0.15, 0.2) is 59.7 Å². The number of amides is 1. The van der Waals surface area contributed by atoms with Gasteiger partial charge in [-0.15, -0.1) is 0 Å². The van der Waals surface area contributed by atoms with Gasteiger partial charge in [0.15, 0.2) is 0 Å². The molecule has 1 unspecified atom stereocenters. The van der Waals surface area contributed by atoms with Gasteiger partial charge in [-0.3, -0.25) is 14.2 Å². The maximum atomic E-state index is 12.6. The number of carbonyl (C=O) groups is 1. The lowest BCUT2D eigenvalue weighted by molar-refractivity contribution is -0.122. The summed E-state index contributed by atoms with van der Waals surface area (Å²) in [5.41, 5.74) is 2.46. The number of thioether (sulfide) groups is 1. The smallest absolute Gasteiger partial charge is 0.261 e. The van der Waals surface area contributed by atoms with Crippen LogP contribution in [0.1, 0.15) is 31.1 Å². The fraction of sp³-hybridized carbons (Fsp3) is 0.304. The van der Waals surface area contributed by atoms with E-state index in [1.807, 2.05) is 48.7 Å². The Balaban J connectivity index is 1.39. The number of aromatic amines is 1. The molecule has 1 atom stereocenters. The number of H-pyrrole nitrogens is 1. The zero-order chi connectivity index (χ0) is 21.6. The van der Waals surface area contributed by atoms with Gasteiger partial charge in [0.25, 0.3) is 5.56 Å². The first-order valence-corrected chi connectivity index (χ1v) is 11.7. The van der Waals surface area contributed by atoms with Crippen LogP contribution in [0.4, 0.5) is 0 Å². The Labute approximate surface area is 184 Å². The lowest BCUT2D eigenvalue weighted by Crippen LogP contribution is -2.30. The minimum absolute atomic E-state index is 0.0478. The van der Waals surface area contributed by atoms with Crippen LogP contribution >= 0.6 is 11.8 Å². The average Bonchev–Trinajstić information content (AvgIpc) is 3.22. The van der Waals surface area contributed by atoms with Crippen LogP contribution in [0.5, 0.6) is 0 Å². The number of benzene rings is 2. The van der Waals surface area contributed by atoms with Crippen LogP contribution in [0.2, 0.25) is 0 Å².